The van der Waals surface area contributed by atoms with Crippen LogP contribution in [-0.4, -0.2) is 29.6 Å². The number of phenolic OH excluding ortho intramolecular Hbond substituents is 1. The fourth-order valence-electron chi connectivity index (χ4n) is 3.89. The number of ether oxygens (including phenoxy) is 2. The van der Waals surface area contributed by atoms with Crippen molar-refractivity contribution in [3.05, 3.63) is 75.6 Å². The number of rotatable bonds is 7. The van der Waals surface area contributed by atoms with Crippen LogP contribution >= 0.6 is 11.5 Å². The lowest BCUT2D eigenvalue weighted by molar-refractivity contribution is -0.120. The number of nitrogens with zero attached hydrogens (tertiary/aromatic N) is 1. The van der Waals surface area contributed by atoms with Gasteiger partial charge in [0, 0.05) is 5.38 Å². The maximum atomic E-state index is 14.1. The van der Waals surface area contributed by atoms with Crippen LogP contribution in [0.4, 0.5) is 4.39 Å². The molecule has 1 aliphatic carbocycles. The largest absolute Gasteiger partial charge is 0.502 e. The van der Waals surface area contributed by atoms with Crippen LogP contribution in [0.25, 0.3) is 17.2 Å². The van der Waals surface area contributed by atoms with Crippen LogP contribution in [0.2, 0.25) is 0 Å². The molecule has 6 nitrogen and oxygen atoms in total. The van der Waals surface area contributed by atoms with Crippen molar-refractivity contribution in [2.75, 3.05) is 14.2 Å². The van der Waals surface area contributed by atoms with E-state index in [9.17, 15) is 14.3 Å². The number of hydrogen-bond acceptors (Lipinski definition) is 6. The number of nitrogens with one attached hydrogen (secondary N) is 1. The Morgan fingerprint density at radius 3 is 2.52 bits per heavy atom. The summed E-state index contributed by atoms with van der Waals surface area (Å²) in [7, 11) is 2.93. The summed E-state index contributed by atoms with van der Waals surface area (Å²) in [5.74, 6) is -0.0534. The molecular formula is C25H23FN2O4S. The number of carbonyl (C=O) groups excluding carboxylic acids is 1. The van der Waals surface area contributed by atoms with E-state index < -0.39 is 0 Å². The third-order valence-corrected chi connectivity index (χ3v) is 6.16. The van der Waals surface area contributed by atoms with E-state index in [1.165, 1.54) is 37.9 Å². The number of phenols is 1. The van der Waals surface area contributed by atoms with Crippen LogP contribution < -0.4 is 14.8 Å². The van der Waals surface area contributed by atoms with Gasteiger partial charge in [-0.3, -0.25) is 4.79 Å². The maximum absolute atomic E-state index is 14.1. The standard InChI is InChI=1S/C25H23FN2O4S/c1-14-19(8-15-9-22(31-2)25(30)23(10-15)32-3)18-5-4-16(26)11-21(18)20(14)12-24(29)27-13-17-6-7-33-28-17/h4-11,30H,12-13H2,1-3H3,(H,27,29)/b19-8-. The van der Waals surface area contributed by atoms with Crippen molar-refractivity contribution in [2.45, 2.75) is 19.9 Å². The topological polar surface area (TPSA) is 80.7 Å². The van der Waals surface area contributed by atoms with Crippen LogP contribution in [0.5, 0.6) is 17.2 Å². The van der Waals surface area contributed by atoms with Crippen molar-refractivity contribution < 1.29 is 23.8 Å². The molecule has 0 spiro atoms. The number of methoxy groups -OCH3 is 2. The summed E-state index contributed by atoms with van der Waals surface area (Å²) in [5.41, 5.74) is 5.58. The van der Waals surface area contributed by atoms with Crippen molar-refractivity contribution in [1.82, 2.24) is 9.69 Å². The SMILES string of the molecule is COc1cc(/C=C2/C(C)=C(CC(=O)NCc3ccsn3)c3cc(F)ccc32)cc(OC)c1O. The Bertz CT molecular complexity index is 1240. The summed E-state index contributed by atoms with van der Waals surface area (Å²) in [6, 6.07) is 9.83. The fraction of sp³-hybridized carbons (Fsp3) is 0.200. The number of halogens is 1. The number of hydrogen-bond donors (Lipinski definition) is 2. The smallest absolute Gasteiger partial charge is 0.224 e. The molecule has 2 aromatic carbocycles. The molecule has 1 aliphatic rings. The highest BCUT2D eigenvalue weighted by atomic mass is 32.1. The van der Waals surface area contributed by atoms with Crippen LogP contribution in [0.3, 0.4) is 0 Å². The third-order valence-electron chi connectivity index (χ3n) is 5.56. The van der Waals surface area contributed by atoms with Crippen LogP contribution in [-0.2, 0) is 11.3 Å². The molecule has 0 fully saturated rings. The van der Waals surface area contributed by atoms with Gasteiger partial charge >= 0.3 is 0 Å². The lowest BCUT2D eigenvalue weighted by Gasteiger charge is -2.11. The molecule has 0 saturated carbocycles. The minimum Gasteiger partial charge on any atom is -0.502 e. The summed E-state index contributed by atoms with van der Waals surface area (Å²) >= 11 is 1.33. The van der Waals surface area contributed by atoms with Gasteiger partial charge < -0.3 is 19.9 Å². The van der Waals surface area contributed by atoms with Crippen molar-refractivity contribution in [3.8, 4) is 17.2 Å². The van der Waals surface area contributed by atoms with Gasteiger partial charge in [0.15, 0.2) is 11.5 Å². The van der Waals surface area contributed by atoms with Gasteiger partial charge in [0.2, 0.25) is 11.7 Å². The Morgan fingerprint density at radius 1 is 1.15 bits per heavy atom. The number of benzene rings is 2. The van der Waals surface area contributed by atoms with Gasteiger partial charge in [-0.1, -0.05) is 6.07 Å². The second-order valence-corrected chi connectivity index (χ2v) is 8.24. The zero-order chi connectivity index (χ0) is 23.5. The average molecular weight is 467 g/mol. The van der Waals surface area contributed by atoms with E-state index in [0.29, 0.717) is 12.1 Å². The minimum absolute atomic E-state index is 0.0826. The third kappa shape index (κ3) is 4.61. The first kappa shape index (κ1) is 22.5. The first-order valence-corrected chi connectivity index (χ1v) is 11.1. The molecule has 0 saturated heterocycles. The van der Waals surface area contributed by atoms with Gasteiger partial charge in [-0.05, 0) is 88.3 Å². The van der Waals surface area contributed by atoms with Gasteiger partial charge in [-0.15, -0.1) is 0 Å². The number of aromatic nitrogens is 1. The molecular weight excluding hydrogens is 443 g/mol. The highest BCUT2D eigenvalue weighted by molar-refractivity contribution is 7.03. The molecule has 0 aliphatic heterocycles. The number of fused-ring (bicyclic) bond motifs is 1. The Hall–Kier alpha value is -3.65. The molecule has 0 bridgehead atoms. The first-order chi connectivity index (χ1) is 15.9. The van der Waals surface area contributed by atoms with Gasteiger partial charge in [0.25, 0.3) is 0 Å². The van der Waals surface area contributed by atoms with E-state index in [0.717, 1.165) is 33.5 Å². The zero-order valence-electron chi connectivity index (χ0n) is 18.4. The Balaban J connectivity index is 1.70. The van der Waals surface area contributed by atoms with Crippen molar-refractivity contribution in [2.24, 2.45) is 0 Å². The number of aromatic hydroxyl groups is 1. The van der Waals surface area contributed by atoms with E-state index in [1.807, 2.05) is 24.4 Å². The molecule has 0 unspecified atom stereocenters. The Labute approximate surface area is 195 Å². The number of allylic oxidation sites excluding steroid dienone is 2. The molecule has 0 atom stereocenters. The van der Waals surface area contributed by atoms with E-state index in [1.54, 1.807) is 18.2 Å². The van der Waals surface area contributed by atoms with E-state index in [-0.39, 0.29) is 35.4 Å². The summed E-state index contributed by atoms with van der Waals surface area (Å²) in [6.07, 6.45) is 2.03. The van der Waals surface area contributed by atoms with Crippen molar-refractivity contribution in [1.29, 1.82) is 0 Å². The predicted octanol–water partition coefficient (Wildman–Crippen LogP) is 5.04. The molecule has 33 heavy (non-hydrogen) atoms. The molecule has 3 aromatic rings. The summed E-state index contributed by atoms with van der Waals surface area (Å²) in [5, 5.41) is 14.9. The molecule has 8 heteroatoms. The van der Waals surface area contributed by atoms with Gasteiger partial charge in [0.1, 0.15) is 5.82 Å². The quantitative estimate of drug-likeness (QED) is 0.510. The molecule has 1 amide bonds. The Morgan fingerprint density at radius 2 is 1.88 bits per heavy atom. The average Bonchev–Trinajstić information content (AvgIpc) is 3.41. The molecule has 1 heterocycles. The lowest BCUT2D eigenvalue weighted by Crippen LogP contribution is -2.22. The minimum atomic E-state index is -0.365. The van der Waals surface area contributed by atoms with Gasteiger partial charge in [0.05, 0.1) is 32.9 Å². The summed E-state index contributed by atoms with van der Waals surface area (Å²) < 4.78 is 28.8. The van der Waals surface area contributed by atoms with Crippen molar-refractivity contribution in [3.63, 3.8) is 0 Å². The van der Waals surface area contributed by atoms with E-state index in [4.69, 9.17) is 9.47 Å². The summed E-state index contributed by atoms with van der Waals surface area (Å²) in [6.45, 7) is 2.27. The monoisotopic (exact) mass is 466 g/mol. The van der Waals surface area contributed by atoms with Crippen LogP contribution in [0.15, 0.2) is 47.4 Å². The Kier molecular flexibility index (Phi) is 6.46. The highest BCUT2D eigenvalue weighted by Gasteiger charge is 2.26. The van der Waals surface area contributed by atoms with E-state index in [2.05, 4.69) is 9.69 Å². The van der Waals surface area contributed by atoms with Crippen molar-refractivity contribution >= 4 is 34.7 Å². The van der Waals surface area contributed by atoms with E-state index >= 15 is 0 Å². The fourth-order valence-corrected chi connectivity index (χ4v) is 4.43. The highest BCUT2D eigenvalue weighted by Crippen LogP contribution is 2.45. The van der Waals surface area contributed by atoms with Gasteiger partial charge in [-0.2, -0.15) is 4.37 Å². The second-order valence-electron chi connectivity index (χ2n) is 7.57. The van der Waals surface area contributed by atoms with Gasteiger partial charge in [-0.25, -0.2) is 4.39 Å². The molecule has 4 rings (SSSR count). The maximum Gasteiger partial charge on any atom is 0.224 e. The lowest BCUT2D eigenvalue weighted by atomic mass is 10.00. The first-order valence-electron chi connectivity index (χ1n) is 10.2. The normalized spacial score (nSPS) is 13.9. The number of carbonyl (C=O) groups is 1. The van der Waals surface area contributed by atoms with Crippen LogP contribution in [0, 0.1) is 5.82 Å². The molecule has 1 aromatic heterocycles. The molecule has 2 N–H and O–H groups in total. The number of amides is 1. The second kappa shape index (κ2) is 9.46. The predicted molar refractivity (Wildman–Crippen MR) is 127 cm³/mol. The molecule has 0 radical (unpaired) electrons. The summed E-state index contributed by atoms with van der Waals surface area (Å²) in [4.78, 5) is 12.7. The zero-order valence-corrected chi connectivity index (χ0v) is 19.3. The van der Waals surface area contributed by atoms with Crippen LogP contribution in [0.1, 0.15) is 35.7 Å². The molecule has 170 valence electrons.